The summed E-state index contributed by atoms with van der Waals surface area (Å²) in [5, 5.41) is 9.45. The molecule has 8 nitrogen and oxygen atoms in total. The van der Waals surface area contributed by atoms with Gasteiger partial charge in [-0.25, -0.2) is 4.79 Å². The third kappa shape index (κ3) is 29.5. The molecule has 0 aromatic heterocycles. The number of aliphatic carboxylic acids is 1. The number of carbonyl (C=O) groups is 3. The highest BCUT2D eigenvalue weighted by molar-refractivity contribution is 5.72. The molecule has 0 fully saturated rings. The van der Waals surface area contributed by atoms with Crippen LogP contribution in [0.5, 0.6) is 0 Å². The smallest absolute Gasteiger partial charge is 0.362 e. The highest BCUT2D eigenvalue weighted by atomic mass is 16.6. The van der Waals surface area contributed by atoms with Gasteiger partial charge in [0.05, 0.1) is 34.4 Å². The lowest BCUT2D eigenvalue weighted by molar-refractivity contribution is -0.887. The first-order valence-corrected chi connectivity index (χ1v) is 18.5. The molecule has 0 saturated carbocycles. The molecule has 0 aliphatic heterocycles. The van der Waals surface area contributed by atoms with Crippen LogP contribution in [0.25, 0.3) is 0 Å². The number of unbranched alkanes of at least 4 members (excludes halogenated alkanes) is 21. The molecule has 0 saturated heterocycles. The molecule has 0 radical (unpaired) electrons. The highest BCUT2D eigenvalue weighted by Crippen LogP contribution is 2.16. The zero-order valence-electron chi connectivity index (χ0n) is 30.1. The molecule has 0 aromatic carbocycles. The number of carbonyl (C=O) groups excluding carboxylic acids is 2. The summed E-state index contributed by atoms with van der Waals surface area (Å²) in [6, 6.07) is -0.603. The van der Waals surface area contributed by atoms with Crippen molar-refractivity contribution in [1.29, 1.82) is 0 Å². The largest absolute Gasteiger partial charge is 0.477 e. The first kappa shape index (κ1) is 43.3. The second-order valence-corrected chi connectivity index (χ2v) is 13.9. The molecule has 0 aromatic rings. The Morgan fingerprint density at radius 2 is 1.02 bits per heavy atom. The van der Waals surface area contributed by atoms with E-state index in [0.717, 1.165) is 19.3 Å². The van der Waals surface area contributed by atoms with E-state index in [9.17, 15) is 19.5 Å². The van der Waals surface area contributed by atoms with Gasteiger partial charge in [-0.3, -0.25) is 9.59 Å². The Labute approximate surface area is 276 Å². The van der Waals surface area contributed by atoms with E-state index in [1.165, 1.54) is 129 Å². The van der Waals surface area contributed by atoms with Gasteiger partial charge in [0.15, 0.2) is 12.1 Å². The van der Waals surface area contributed by atoms with E-state index in [4.69, 9.17) is 14.2 Å². The van der Waals surface area contributed by atoms with Gasteiger partial charge in [0, 0.05) is 19.8 Å². The SMILES string of the molecule is CCCCCCCCCCCCCCCCCCCCCCCCC(=O)OC(COCCC(C(=O)O)[N+](C)(C)C)COC(C)=O. The zero-order valence-corrected chi connectivity index (χ0v) is 30.1. The van der Waals surface area contributed by atoms with E-state index < -0.39 is 24.1 Å². The monoisotopic (exact) mass is 643 g/mol. The maximum atomic E-state index is 12.4. The molecule has 2 atom stereocenters. The van der Waals surface area contributed by atoms with Crippen molar-refractivity contribution >= 4 is 17.9 Å². The lowest BCUT2D eigenvalue weighted by atomic mass is 10.0. The Kier molecular flexibility index (Phi) is 28.6. The molecule has 0 spiro atoms. The molecule has 0 bridgehead atoms. The summed E-state index contributed by atoms with van der Waals surface area (Å²) in [7, 11) is 5.48. The fourth-order valence-corrected chi connectivity index (χ4v) is 5.70. The second-order valence-electron chi connectivity index (χ2n) is 13.9. The van der Waals surface area contributed by atoms with E-state index in [0.29, 0.717) is 12.8 Å². The number of hydrogen-bond acceptors (Lipinski definition) is 6. The van der Waals surface area contributed by atoms with Crippen LogP contribution in [0.1, 0.15) is 168 Å². The number of esters is 2. The Hall–Kier alpha value is -1.67. The van der Waals surface area contributed by atoms with E-state index in [-0.39, 0.29) is 30.3 Å². The Bertz CT molecular complexity index is 722. The van der Waals surface area contributed by atoms with E-state index in [2.05, 4.69) is 6.92 Å². The standard InChI is InChI=1S/C37H71NO7/c1-6-7-8-9-10-11-12-13-14-15-16-17-18-19-20-21-22-23-24-25-26-27-28-36(40)45-34(32-44-33(2)39)31-43-30-29-35(37(41)42)38(3,4)5/h34-35H,6-32H2,1-5H3/p+1. The Morgan fingerprint density at radius 3 is 1.38 bits per heavy atom. The summed E-state index contributed by atoms with van der Waals surface area (Å²) < 4.78 is 16.4. The number of carboxylic acid groups (broad SMARTS) is 1. The number of carboxylic acids is 1. The zero-order chi connectivity index (χ0) is 33.6. The molecule has 0 rings (SSSR count). The van der Waals surface area contributed by atoms with Gasteiger partial charge in [-0.15, -0.1) is 0 Å². The normalized spacial score (nSPS) is 13.0. The van der Waals surface area contributed by atoms with Crippen LogP contribution in [0.15, 0.2) is 0 Å². The van der Waals surface area contributed by atoms with Gasteiger partial charge in [0.1, 0.15) is 6.61 Å². The minimum atomic E-state index is -0.880. The Morgan fingerprint density at radius 1 is 0.622 bits per heavy atom. The average Bonchev–Trinajstić information content (AvgIpc) is 2.97. The quantitative estimate of drug-likeness (QED) is 0.0433. The van der Waals surface area contributed by atoms with Crippen LogP contribution in [0.3, 0.4) is 0 Å². The molecule has 0 heterocycles. The van der Waals surface area contributed by atoms with Crippen molar-refractivity contribution in [2.45, 2.75) is 180 Å². The number of rotatable bonds is 33. The maximum absolute atomic E-state index is 12.4. The van der Waals surface area contributed by atoms with Crippen LogP contribution < -0.4 is 0 Å². The number of hydrogen-bond donors (Lipinski definition) is 1. The van der Waals surface area contributed by atoms with E-state index in [1.54, 1.807) is 0 Å². The van der Waals surface area contributed by atoms with Crippen LogP contribution in [0.4, 0.5) is 0 Å². The van der Waals surface area contributed by atoms with Gasteiger partial charge in [0.25, 0.3) is 0 Å². The van der Waals surface area contributed by atoms with Crippen molar-refractivity contribution in [3.8, 4) is 0 Å². The predicted molar refractivity (Wildman–Crippen MR) is 183 cm³/mol. The molecule has 266 valence electrons. The first-order chi connectivity index (χ1) is 21.6. The van der Waals surface area contributed by atoms with Gasteiger partial charge in [-0.2, -0.15) is 0 Å². The average molecular weight is 643 g/mol. The minimum Gasteiger partial charge on any atom is -0.477 e. The molecular weight excluding hydrogens is 570 g/mol. The molecular formula is C37H72NO7+. The first-order valence-electron chi connectivity index (χ1n) is 18.5. The number of quaternary nitrogens is 1. The predicted octanol–water partition coefficient (Wildman–Crippen LogP) is 9.02. The van der Waals surface area contributed by atoms with Crippen molar-refractivity contribution < 1.29 is 38.2 Å². The summed E-state index contributed by atoms with van der Waals surface area (Å²) in [4.78, 5) is 35.1. The van der Waals surface area contributed by atoms with Crippen LogP contribution in [0.2, 0.25) is 0 Å². The summed E-state index contributed by atoms with van der Waals surface area (Å²) in [5.41, 5.74) is 0. The fraction of sp³-hybridized carbons (Fsp3) is 0.919. The minimum absolute atomic E-state index is 0.0574. The van der Waals surface area contributed by atoms with Crippen LogP contribution in [-0.2, 0) is 28.6 Å². The molecule has 45 heavy (non-hydrogen) atoms. The summed E-state index contributed by atoms with van der Waals surface area (Å²) in [5.74, 6) is -1.65. The fourth-order valence-electron chi connectivity index (χ4n) is 5.70. The van der Waals surface area contributed by atoms with Crippen molar-refractivity contribution in [1.82, 2.24) is 0 Å². The van der Waals surface area contributed by atoms with Crippen molar-refractivity contribution in [2.75, 3.05) is 41.0 Å². The van der Waals surface area contributed by atoms with Gasteiger partial charge in [0.2, 0.25) is 0 Å². The van der Waals surface area contributed by atoms with E-state index >= 15 is 0 Å². The topological polar surface area (TPSA) is 99.1 Å². The molecule has 1 N–H and O–H groups in total. The lowest BCUT2D eigenvalue weighted by Crippen LogP contribution is -2.50. The molecule has 0 aliphatic rings. The summed E-state index contributed by atoms with van der Waals surface area (Å²) >= 11 is 0. The maximum Gasteiger partial charge on any atom is 0.362 e. The number of nitrogens with zero attached hydrogens (tertiary/aromatic N) is 1. The highest BCUT2D eigenvalue weighted by Gasteiger charge is 2.31. The van der Waals surface area contributed by atoms with Gasteiger partial charge in [-0.1, -0.05) is 142 Å². The third-order valence-corrected chi connectivity index (χ3v) is 8.56. The van der Waals surface area contributed by atoms with Gasteiger partial charge < -0.3 is 23.8 Å². The van der Waals surface area contributed by atoms with Gasteiger partial charge >= 0.3 is 17.9 Å². The second kappa shape index (κ2) is 29.7. The number of ether oxygens (including phenoxy) is 3. The van der Waals surface area contributed by atoms with Crippen LogP contribution >= 0.6 is 0 Å². The van der Waals surface area contributed by atoms with Crippen LogP contribution in [-0.4, -0.2) is 80.6 Å². The van der Waals surface area contributed by atoms with Crippen molar-refractivity contribution in [3.05, 3.63) is 0 Å². The van der Waals surface area contributed by atoms with Gasteiger partial charge in [-0.05, 0) is 6.42 Å². The molecule has 0 aliphatic carbocycles. The summed E-state index contributed by atoms with van der Waals surface area (Å²) in [6.07, 6.45) is 29.1. The molecule has 8 heteroatoms. The Balaban J connectivity index is 3.73. The number of likely N-dealkylation sites (N-methyl/N-ethyl adjacent to an activating group) is 1. The lowest BCUT2D eigenvalue weighted by Gasteiger charge is -2.31. The van der Waals surface area contributed by atoms with Crippen molar-refractivity contribution in [3.63, 3.8) is 0 Å². The molecule has 0 amide bonds. The third-order valence-electron chi connectivity index (χ3n) is 8.56. The summed E-state index contributed by atoms with van der Waals surface area (Å²) in [6.45, 7) is 3.78. The van der Waals surface area contributed by atoms with Crippen molar-refractivity contribution in [2.24, 2.45) is 0 Å². The van der Waals surface area contributed by atoms with E-state index in [1.807, 2.05) is 21.1 Å². The molecule has 2 unspecified atom stereocenters. The van der Waals surface area contributed by atoms with Crippen LogP contribution in [0, 0.1) is 0 Å².